The van der Waals surface area contributed by atoms with Gasteiger partial charge in [0.1, 0.15) is 5.65 Å². The van der Waals surface area contributed by atoms with Crippen molar-refractivity contribution in [2.45, 2.75) is 6.04 Å². The van der Waals surface area contributed by atoms with E-state index >= 15 is 0 Å². The lowest BCUT2D eigenvalue weighted by atomic mass is 10.0. The third-order valence-corrected chi connectivity index (χ3v) is 4.77. The lowest BCUT2D eigenvalue weighted by Gasteiger charge is -2.36. The van der Waals surface area contributed by atoms with E-state index in [-0.39, 0.29) is 47.8 Å². The van der Waals surface area contributed by atoms with Gasteiger partial charge in [-0.3, -0.25) is 24.1 Å². The van der Waals surface area contributed by atoms with Crippen LogP contribution >= 0.6 is 24.8 Å². The molecule has 0 aromatic carbocycles. The number of H-pyrrole nitrogens is 1. The van der Waals surface area contributed by atoms with Gasteiger partial charge in [-0.2, -0.15) is 0 Å². The smallest absolute Gasteiger partial charge is 0.329 e. The molecule has 1 atom stereocenters. The highest BCUT2D eigenvalue weighted by Crippen LogP contribution is 2.23. The molecule has 1 saturated heterocycles. The molecular formula is C18H20Cl2N6O3. The fourth-order valence-electron chi connectivity index (χ4n) is 3.34. The van der Waals surface area contributed by atoms with Crippen LogP contribution in [0.5, 0.6) is 0 Å². The molecule has 1 unspecified atom stereocenters. The average molecular weight is 439 g/mol. The van der Waals surface area contributed by atoms with Crippen LogP contribution in [0.25, 0.3) is 11.0 Å². The first-order valence-corrected chi connectivity index (χ1v) is 8.57. The first kappa shape index (κ1) is 22.5. The van der Waals surface area contributed by atoms with Crippen LogP contribution in [0.4, 0.5) is 0 Å². The number of piperazine rings is 1. The number of carbonyl (C=O) groups excluding carboxylic acids is 1. The van der Waals surface area contributed by atoms with Crippen LogP contribution in [0.15, 0.2) is 46.4 Å². The summed E-state index contributed by atoms with van der Waals surface area (Å²) in [6.07, 6.45) is 4.85. The molecule has 4 rings (SSSR count). The molecule has 9 nitrogen and oxygen atoms in total. The van der Waals surface area contributed by atoms with Gasteiger partial charge in [0.15, 0.2) is 0 Å². The van der Waals surface area contributed by atoms with Crippen LogP contribution in [0.2, 0.25) is 0 Å². The zero-order valence-electron chi connectivity index (χ0n) is 15.5. The molecule has 2 N–H and O–H groups in total. The van der Waals surface area contributed by atoms with Gasteiger partial charge in [0.2, 0.25) is 0 Å². The third-order valence-electron chi connectivity index (χ3n) is 4.77. The summed E-state index contributed by atoms with van der Waals surface area (Å²) in [5, 5.41) is 3.50. The highest BCUT2D eigenvalue weighted by atomic mass is 35.5. The maximum absolute atomic E-state index is 13.1. The number of aromatic amines is 1. The minimum absolute atomic E-state index is 0. The average Bonchev–Trinajstić information content (AvgIpc) is 2.72. The molecule has 29 heavy (non-hydrogen) atoms. The highest BCUT2D eigenvalue weighted by Gasteiger charge is 2.29. The predicted octanol–water partition coefficient (Wildman–Crippen LogP) is 0.647. The number of aromatic nitrogens is 4. The molecule has 11 heteroatoms. The number of pyridine rings is 2. The number of hydrogen-bond donors (Lipinski definition) is 2. The van der Waals surface area contributed by atoms with Gasteiger partial charge in [-0.1, -0.05) is 6.07 Å². The number of halogens is 2. The number of hydrogen-bond acceptors (Lipinski definition) is 6. The van der Waals surface area contributed by atoms with Crippen molar-refractivity contribution in [1.29, 1.82) is 0 Å². The SMILES string of the molecule is Cl.Cl.Cn1c(=O)[nH]c(=O)c2cc(C(=O)N3CCNCC3c3cccnc3)cnc21. The summed E-state index contributed by atoms with van der Waals surface area (Å²) in [6.45, 7) is 1.83. The van der Waals surface area contributed by atoms with E-state index in [1.807, 2.05) is 12.1 Å². The molecule has 1 aliphatic rings. The first-order valence-electron chi connectivity index (χ1n) is 8.57. The number of aryl methyl sites for hydroxylation is 1. The van der Waals surface area contributed by atoms with Crippen molar-refractivity contribution in [1.82, 2.24) is 29.7 Å². The molecule has 1 aliphatic heterocycles. The van der Waals surface area contributed by atoms with Crippen molar-refractivity contribution < 1.29 is 4.79 Å². The molecular weight excluding hydrogens is 419 g/mol. The summed E-state index contributed by atoms with van der Waals surface area (Å²) in [5.74, 6) is -0.215. The third kappa shape index (κ3) is 4.16. The van der Waals surface area contributed by atoms with Crippen LogP contribution in [-0.2, 0) is 7.05 Å². The number of nitrogens with one attached hydrogen (secondary N) is 2. The van der Waals surface area contributed by atoms with Crippen LogP contribution in [0.1, 0.15) is 22.0 Å². The van der Waals surface area contributed by atoms with Gasteiger partial charge in [-0.15, -0.1) is 24.8 Å². The largest absolute Gasteiger partial charge is 0.329 e. The maximum Gasteiger partial charge on any atom is 0.329 e. The minimum atomic E-state index is -0.556. The lowest BCUT2D eigenvalue weighted by Crippen LogP contribution is -2.48. The van der Waals surface area contributed by atoms with Crippen molar-refractivity contribution in [3.63, 3.8) is 0 Å². The van der Waals surface area contributed by atoms with E-state index in [1.165, 1.54) is 23.9 Å². The highest BCUT2D eigenvalue weighted by molar-refractivity contribution is 5.97. The summed E-state index contributed by atoms with van der Waals surface area (Å²) in [7, 11) is 1.52. The van der Waals surface area contributed by atoms with Gasteiger partial charge in [0.25, 0.3) is 11.5 Å². The van der Waals surface area contributed by atoms with Gasteiger partial charge in [-0.25, -0.2) is 9.78 Å². The maximum atomic E-state index is 13.1. The molecule has 154 valence electrons. The van der Waals surface area contributed by atoms with Gasteiger partial charge in [-0.05, 0) is 17.7 Å². The summed E-state index contributed by atoms with van der Waals surface area (Å²) in [4.78, 5) is 49.3. The van der Waals surface area contributed by atoms with E-state index in [4.69, 9.17) is 0 Å². The molecule has 0 saturated carbocycles. The Morgan fingerprint density at radius 3 is 2.76 bits per heavy atom. The summed E-state index contributed by atoms with van der Waals surface area (Å²) < 4.78 is 1.24. The van der Waals surface area contributed by atoms with Crippen molar-refractivity contribution in [3.05, 3.63) is 68.8 Å². The minimum Gasteiger partial charge on any atom is -0.329 e. The molecule has 1 amide bonds. The number of amides is 1. The van der Waals surface area contributed by atoms with Gasteiger partial charge in [0, 0.05) is 45.3 Å². The lowest BCUT2D eigenvalue weighted by molar-refractivity contribution is 0.0633. The van der Waals surface area contributed by atoms with E-state index in [0.29, 0.717) is 25.2 Å². The molecule has 0 bridgehead atoms. The van der Waals surface area contributed by atoms with E-state index < -0.39 is 11.2 Å². The Morgan fingerprint density at radius 1 is 1.24 bits per heavy atom. The Morgan fingerprint density at radius 2 is 2.03 bits per heavy atom. The second-order valence-electron chi connectivity index (χ2n) is 6.42. The molecule has 1 fully saturated rings. The normalized spacial score (nSPS) is 16.0. The summed E-state index contributed by atoms with van der Waals surface area (Å²) in [5.41, 5.74) is 0.385. The van der Waals surface area contributed by atoms with Crippen LogP contribution < -0.4 is 16.6 Å². The number of nitrogens with zero attached hydrogens (tertiary/aromatic N) is 4. The Balaban J connectivity index is 0.00000150. The summed E-state index contributed by atoms with van der Waals surface area (Å²) >= 11 is 0. The first-order chi connectivity index (χ1) is 13.1. The van der Waals surface area contributed by atoms with E-state index in [2.05, 4.69) is 20.3 Å². The van der Waals surface area contributed by atoms with Crippen molar-refractivity contribution in [2.75, 3.05) is 19.6 Å². The van der Waals surface area contributed by atoms with Crippen molar-refractivity contribution in [3.8, 4) is 0 Å². The number of fused-ring (bicyclic) bond motifs is 1. The Hall–Kier alpha value is -2.75. The Bertz CT molecular complexity index is 1130. The Labute approximate surface area is 178 Å². The summed E-state index contributed by atoms with van der Waals surface area (Å²) in [6, 6.07) is 5.11. The Kier molecular flexibility index (Phi) is 7.12. The zero-order chi connectivity index (χ0) is 19.0. The molecule has 0 radical (unpaired) electrons. The van der Waals surface area contributed by atoms with E-state index in [0.717, 1.165) is 5.56 Å². The molecule has 0 spiro atoms. The van der Waals surface area contributed by atoms with Crippen LogP contribution in [0.3, 0.4) is 0 Å². The monoisotopic (exact) mass is 438 g/mol. The van der Waals surface area contributed by atoms with E-state index in [9.17, 15) is 14.4 Å². The van der Waals surface area contributed by atoms with Crippen LogP contribution in [0, 0.1) is 0 Å². The number of rotatable bonds is 2. The van der Waals surface area contributed by atoms with Crippen LogP contribution in [-0.4, -0.2) is 50.0 Å². The quantitative estimate of drug-likeness (QED) is 0.606. The van der Waals surface area contributed by atoms with E-state index in [1.54, 1.807) is 17.3 Å². The van der Waals surface area contributed by atoms with Gasteiger partial charge < -0.3 is 10.2 Å². The van der Waals surface area contributed by atoms with Crippen molar-refractivity contribution >= 4 is 41.8 Å². The fourth-order valence-corrected chi connectivity index (χ4v) is 3.34. The zero-order valence-corrected chi connectivity index (χ0v) is 17.1. The molecule has 3 aromatic rings. The standard InChI is InChI=1S/C18H18N6O3.2ClH/c1-23-15-13(16(25)22-18(23)27)7-12(9-21-15)17(26)24-6-5-20-10-14(24)11-3-2-4-19-8-11;;/h2-4,7-9,14,20H,5-6,10H2,1H3,(H,22,25,27);2*1H. The fraction of sp³-hybridized carbons (Fsp3) is 0.278. The topological polar surface area (TPSA) is 113 Å². The second-order valence-corrected chi connectivity index (χ2v) is 6.42. The van der Waals surface area contributed by atoms with Crippen molar-refractivity contribution in [2.24, 2.45) is 7.05 Å². The van der Waals surface area contributed by atoms with Gasteiger partial charge in [0.05, 0.1) is 17.0 Å². The molecule has 0 aliphatic carbocycles. The number of carbonyl (C=O) groups is 1. The predicted molar refractivity (Wildman–Crippen MR) is 113 cm³/mol. The second kappa shape index (κ2) is 9.17. The van der Waals surface area contributed by atoms with Gasteiger partial charge >= 0.3 is 5.69 Å². The molecule has 3 aromatic heterocycles. The molecule has 4 heterocycles.